The lowest BCUT2D eigenvalue weighted by Gasteiger charge is -2.26. The Morgan fingerprint density at radius 1 is 1.10 bits per heavy atom. The zero-order valence-electron chi connectivity index (χ0n) is 11.6. The molecule has 0 radical (unpaired) electrons. The van der Waals surface area contributed by atoms with Crippen LogP contribution in [0.2, 0.25) is 0 Å². The van der Waals surface area contributed by atoms with Gasteiger partial charge in [-0.25, -0.2) is 4.79 Å². The molecular formula is C13H16N2O6. The molecule has 2 N–H and O–H groups in total. The number of amides is 2. The minimum Gasteiger partial charge on any atom is -0.495 e. The number of rotatable bonds is 6. The van der Waals surface area contributed by atoms with E-state index in [0.29, 0.717) is 11.4 Å². The highest BCUT2D eigenvalue weighted by Crippen LogP contribution is 2.27. The number of carboxylic acids is 2. The van der Waals surface area contributed by atoms with Crippen molar-refractivity contribution in [2.24, 2.45) is 0 Å². The Bertz CT molecular complexity index is 529. The molecule has 0 heterocycles. The highest BCUT2D eigenvalue weighted by molar-refractivity contribution is 5.96. The summed E-state index contributed by atoms with van der Waals surface area (Å²) < 4.78 is 5.11. The van der Waals surface area contributed by atoms with E-state index in [2.05, 4.69) is 0 Å². The van der Waals surface area contributed by atoms with Crippen molar-refractivity contribution in [3.63, 3.8) is 0 Å². The topological polar surface area (TPSA) is 107 Å². The predicted octanol–water partition coefficient (Wildman–Crippen LogP) is 0.723. The molecule has 0 aliphatic carbocycles. The number of hydrogen-bond donors (Lipinski definition) is 2. The van der Waals surface area contributed by atoms with Gasteiger partial charge >= 0.3 is 18.0 Å². The van der Waals surface area contributed by atoms with Gasteiger partial charge in [-0.1, -0.05) is 12.1 Å². The second-order valence-electron chi connectivity index (χ2n) is 4.16. The standard InChI is InChI=1S/C13H16N2O6/c1-14(9-5-3-4-6-10(9)21-2)13(20)15(7-11(16)17)8-12(18)19/h3-6H,7-8H2,1-2H3,(H,16,17)(H,18,19). The molecule has 0 aliphatic rings. The van der Waals surface area contributed by atoms with Crippen molar-refractivity contribution in [3.8, 4) is 5.75 Å². The summed E-state index contributed by atoms with van der Waals surface area (Å²) in [6.45, 7) is -1.41. The summed E-state index contributed by atoms with van der Waals surface area (Å²) in [7, 11) is 2.85. The Balaban J connectivity index is 3.01. The number of carboxylic acid groups (broad SMARTS) is 2. The SMILES string of the molecule is COc1ccccc1N(C)C(=O)N(CC(=O)O)CC(=O)O. The Kier molecular flexibility index (Phi) is 5.53. The largest absolute Gasteiger partial charge is 0.495 e. The summed E-state index contributed by atoms with van der Waals surface area (Å²) >= 11 is 0. The van der Waals surface area contributed by atoms with Gasteiger partial charge in [0.1, 0.15) is 18.8 Å². The minimum atomic E-state index is -1.29. The third-order valence-corrected chi connectivity index (χ3v) is 2.66. The maximum Gasteiger partial charge on any atom is 0.325 e. The lowest BCUT2D eigenvalue weighted by molar-refractivity contribution is -0.140. The number of hydrogen-bond acceptors (Lipinski definition) is 4. The van der Waals surface area contributed by atoms with Crippen LogP contribution in [0, 0.1) is 0 Å². The van der Waals surface area contributed by atoms with Crippen LogP contribution < -0.4 is 9.64 Å². The maximum absolute atomic E-state index is 12.3. The second kappa shape index (κ2) is 7.13. The van der Waals surface area contributed by atoms with E-state index in [4.69, 9.17) is 14.9 Å². The van der Waals surface area contributed by atoms with E-state index in [1.807, 2.05) is 0 Å². The monoisotopic (exact) mass is 296 g/mol. The molecule has 0 fully saturated rings. The molecule has 21 heavy (non-hydrogen) atoms. The van der Waals surface area contributed by atoms with Gasteiger partial charge in [0.05, 0.1) is 12.8 Å². The van der Waals surface area contributed by atoms with Crippen LogP contribution >= 0.6 is 0 Å². The van der Waals surface area contributed by atoms with Crippen molar-refractivity contribution < 1.29 is 29.3 Å². The van der Waals surface area contributed by atoms with E-state index < -0.39 is 31.1 Å². The van der Waals surface area contributed by atoms with Crippen LogP contribution in [-0.4, -0.2) is 60.3 Å². The molecule has 8 nitrogen and oxygen atoms in total. The summed E-state index contributed by atoms with van der Waals surface area (Å²) in [6.07, 6.45) is 0. The Morgan fingerprint density at radius 2 is 1.62 bits per heavy atom. The summed E-state index contributed by atoms with van der Waals surface area (Å²) in [4.78, 5) is 35.6. The van der Waals surface area contributed by atoms with Crippen LogP contribution in [0.3, 0.4) is 0 Å². The number of carbonyl (C=O) groups is 3. The van der Waals surface area contributed by atoms with E-state index in [9.17, 15) is 14.4 Å². The van der Waals surface area contributed by atoms with Gasteiger partial charge in [0.25, 0.3) is 0 Å². The zero-order valence-corrected chi connectivity index (χ0v) is 11.6. The number of benzene rings is 1. The van der Waals surface area contributed by atoms with Gasteiger partial charge in [-0.05, 0) is 12.1 Å². The molecule has 0 saturated carbocycles. The van der Waals surface area contributed by atoms with Gasteiger partial charge in [-0.2, -0.15) is 0 Å². The van der Waals surface area contributed by atoms with Crippen LogP contribution in [0.25, 0.3) is 0 Å². The lowest BCUT2D eigenvalue weighted by Crippen LogP contribution is -2.46. The quantitative estimate of drug-likeness (QED) is 0.801. The molecule has 0 bridgehead atoms. The molecule has 1 aromatic carbocycles. The molecule has 0 aromatic heterocycles. The first-order valence-electron chi connectivity index (χ1n) is 5.96. The van der Waals surface area contributed by atoms with Crippen LogP contribution in [0.15, 0.2) is 24.3 Å². The Hall–Kier alpha value is -2.77. The first kappa shape index (κ1) is 16.3. The molecule has 1 rings (SSSR count). The van der Waals surface area contributed by atoms with Crippen molar-refractivity contribution in [2.75, 3.05) is 32.1 Å². The molecule has 114 valence electrons. The van der Waals surface area contributed by atoms with Crippen molar-refractivity contribution in [1.29, 1.82) is 0 Å². The van der Waals surface area contributed by atoms with Crippen molar-refractivity contribution >= 4 is 23.7 Å². The fourth-order valence-electron chi connectivity index (χ4n) is 1.74. The van der Waals surface area contributed by atoms with E-state index in [1.165, 1.54) is 14.2 Å². The fraction of sp³-hybridized carbons (Fsp3) is 0.308. The Morgan fingerprint density at radius 3 is 2.10 bits per heavy atom. The maximum atomic E-state index is 12.3. The number of ether oxygens (including phenoxy) is 1. The number of nitrogens with zero attached hydrogens (tertiary/aromatic N) is 2. The number of para-hydroxylation sites is 2. The molecule has 8 heteroatoms. The Labute approximate surface area is 121 Å². The van der Waals surface area contributed by atoms with Crippen molar-refractivity contribution in [3.05, 3.63) is 24.3 Å². The van der Waals surface area contributed by atoms with Crippen LogP contribution in [-0.2, 0) is 9.59 Å². The van der Waals surface area contributed by atoms with Gasteiger partial charge in [0.2, 0.25) is 0 Å². The van der Waals surface area contributed by atoms with E-state index in [1.54, 1.807) is 24.3 Å². The van der Waals surface area contributed by atoms with Gasteiger partial charge in [-0.3, -0.25) is 14.5 Å². The van der Waals surface area contributed by atoms with E-state index in [-0.39, 0.29) is 0 Å². The smallest absolute Gasteiger partial charge is 0.325 e. The van der Waals surface area contributed by atoms with Gasteiger partial charge < -0.3 is 19.8 Å². The number of carbonyl (C=O) groups excluding carboxylic acids is 1. The molecule has 0 saturated heterocycles. The first-order valence-corrected chi connectivity index (χ1v) is 5.96. The molecule has 0 aliphatic heterocycles. The molecule has 2 amide bonds. The number of methoxy groups -OCH3 is 1. The molecule has 0 spiro atoms. The normalized spacial score (nSPS) is 9.81. The lowest BCUT2D eigenvalue weighted by atomic mass is 10.2. The van der Waals surface area contributed by atoms with Crippen LogP contribution in [0.5, 0.6) is 5.75 Å². The van der Waals surface area contributed by atoms with Gasteiger partial charge in [-0.15, -0.1) is 0 Å². The third-order valence-electron chi connectivity index (χ3n) is 2.66. The van der Waals surface area contributed by atoms with Crippen molar-refractivity contribution in [2.45, 2.75) is 0 Å². The summed E-state index contributed by atoms with van der Waals surface area (Å²) in [5, 5.41) is 17.5. The molecule has 0 atom stereocenters. The van der Waals surface area contributed by atoms with Crippen LogP contribution in [0.4, 0.5) is 10.5 Å². The summed E-state index contributed by atoms with van der Waals surface area (Å²) in [5.74, 6) is -2.17. The highest BCUT2D eigenvalue weighted by Gasteiger charge is 2.25. The third kappa shape index (κ3) is 4.37. The van der Waals surface area contributed by atoms with Crippen molar-refractivity contribution in [1.82, 2.24) is 4.90 Å². The zero-order chi connectivity index (χ0) is 16.0. The number of aliphatic carboxylic acids is 2. The fourth-order valence-corrected chi connectivity index (χ4v) is 1.74. The van der Waals surface area contributed by atoms with Gasteiger partial charge in [0, 0.05) is 7.05 Å². The molecule has 0 unspecified atom stereocenters. The number of anilines is 1. The number of urea groups is 1. The van der Waals surface area contributed by atoms with E-state index >= 15 is 0 Å². The minimum absolute atomic E-state index is 0.408. The second-order valence-corrected chi connectivity index (χ2v) is 4.16. The molecular weight excluding hydrogens is 280 g/mol. The van der Waals surface area contributed by atoms with Gasteiger partial charge in [0.15, 0.2) is 0 Å². The molecule has 1 aromatic rings. The van der Waals surface area contributed by atoms with E-state index in [0.717, 1.165) is 9.80 Å². The average molecular weight is 296 g/mol. The average Bonchev–Trinajstić information content (AvgIpc) is 2.44. The summed E-state index contributed by atoms with van der Waals surface area (Å²) in [6, 6.07) is 5.89. The van der Waals surface area contributed by atoms with Crippen LogP contribution in [0.1, 0.15) is 0 Å². The highest BCUT2D eigenvalue weighted by atomic mass is 16.5. The first-order chi connectivity index (χ1) is 9.86. The summed E-state index contributed by atoms with van der Waals surface area (Å²) in [5.41, 5.74) is 0.408. The predicted molar refractivity (Wildman–Crippen MR) is 73.6 cm³/mol.